The fourth-order valence-electron chi connectivity index (χ4n) is 3.35. The van der Waals surface area contributed by atoms with Crippen molar-refractivity contribution in [1.82, 2.24) is 9.71 Å². The summed E-state index contributed by atoms with van der Waals surface area (Å²) in [5.41, 5.74) is 1.96. The van der Waals surface area contributed by atoms with Crippen molar-refractivity contribution in [3.05, 3.63) is 83.4 Å². The number of para-hydroxylation sites is 1. The molecule has 30 heavy (non-hydrogen) atoms. The maximum atomic E-state index is 13.3. The predicted octanol–water partition coefficient (Wildman–Crippen LogP) is 4.86. The van der Waals surface area contributed by atoms with E-state index in [0.717, 1.165) is 27.2 Å². The minimum Gasteiger partial charge on any atom is -0.490 e. The van der Waals surface area contributed by atoms with E-state index in [1.54, 1.807) is 17.4 Å². The van der Waals surface area contributed by atoms with Gasteiger partial charge < -0.3 is 9.47 Å². The van der Waals surface area contributed by atoms with Crippen LogP contribution in [0.2, 0.25) is 0 Å². The molecule has 0 radical (unpaired) electrons. The fourth-order valence-corrected chi connectivity index (χ4v) is 5.48. The SMILES string of the molecule is O=S(NC(c1ccccc1)c1nc2ccccc2s1)c1ccc2c(c1)OCCCO2. The lowest BCUT2D eigenvalue weighted by Gasteiger charge is -2.17. The summed E-state index contributed by atoms with van der Waals surface area (Å²) in [5, 5.41) is 0.880. The number of ether oxygens (including phenoxy) is 2. The lowest BCUT2D eigenvalue weighted by atomic mass is 10.1. The quantitative estimate of drug-likeness (QED) is 0.485. The summed E-state index contributed by atoms with van der Waals surface area (Å²) in [5.74, 6) is 1.33. The maximum absolute atomic E-state index is 13.3. The van der Waals surface area contributed by atoms with Crippen LogP contribution >= 0.6 is 11.3 Å². The van der Waals surface area contributed by atoms with Gasteiger partial charge in [0.25, 0.3) is 0 Å². The van der Waals surface area contributed by atoms with Gasteiger partial charge in [-0.1, -0.05) is 42.5 Å². The van der Waals surface area contributed by atoms with Gasteiger partial charge in [-0.15, -0.1) is 11.3 Å². The van der Waals surface area contributed by atoms with E-state index < -0.39 is 11.0 Å². The molecule has 0 amide bonds. The van der Waals surface area contributed by atoms with Gasteiger partial charge in [0.15, 0.2) is 11.5 Å². The van der Waals surface area contributed by atoms with Gasteiger partial charge in [0.05, 0.1) is 34.4 Å². The Morgan fingerprint density at radius 3 is 2.53 bits per heavy atom. The molecule has 2 unspecified atom stereocenters. The molecule has 7 heteroatoms. The van der Waals surface area contributed by atoms with Gasteiger partial charge in [-0.3, -0.25) is 0 Å². The lowest BCUT2D eigenvalue weighted by molar-refractivity contribution is 0.297. The van der Waals surface area contributed by atoms with Crippen LogP contribution in [0.3, 0.4) is 0 Å². The van der Waals surface area contributed by atoms with E-state index in [9.17, 15) is 4.21 Å². The molecule has 1 aromatic heterocycles. The standard InChI is InChI=1S/C23H20N2O3S2/c26-30(17-11-12-19-20(15-17)28-14-6-13-27-19)25-22(16-7-2-1-3-8-16)23-24-18-9-4-5-10-21(18)29-23/h1-5,7-12,15,22,25H,6,13-14H2. The van der Waals surface area contributed by atoms with Crippen LogP contribution in [0.15, 0.2) is 77.7 Å². The van der Waals surface area contributed by atoms with Gasteiger partial charge in [-0.25, -0.2) is 13.9 Å². The van der Waals surface area contributed by atoms with Gasteiger partial charge >= 0.3 is 0 Å². The number of benzene rings is 3. The first-order valence-corrected chi connectivity index (χ1v) is 11.7. The molecule has 152 valence electrons. The van der Waals surface area contributed by atoms with Crippen molar-refractivity contribution >= 4 is 32.5 Å². The van der Waals surface area contributed by atoms with Crippen molar-refractivity contribution in [3.63, 3.8) is 0 Å². The smallest absolute Gasteiger partial charge is 0.162 e. The molecule has 5 rings (SSSR count). The molecule has 1 N–H and O–H groups in total. The summed E-state index contributed by atoms with van der Waals surface area (Å²) in [6, 6.07) is 23.2. The summed E-state index contributed by atoms with van der Waals surface area (Å²) in [6.07, 6.45) is 0.832. The molecule has 5 nitrogen and oxygen atoms in total. The number of aromatic nitrogens is 1. The van der Waals surface area contributed by atoms with E-state index in [1.165, 1.54) is 0 Å². The second-order valence-corrected chi connectivity index (χ2v) is 9.22. The molecule has 0 bridgehead atoms. The molecular weight excluding hydrogens is 416 g/mol. The Labute approximate surface area is 181 Å². The van der Waals surface area contributed by atoms with E-state index in [-0.39, 0.29) is 6.04 Å². The zero-order valence-electron chi connectivity index (χ0n) is 16.1. The third-order valence-corrected chi connectivity index (χ3v) is 7.08. The van der Waals surface area contributed by atoms with Crippen molar-refractivity contribution in [1.29, 1.82) is 0 Å². The van der Waals surface area contributed by atoms with Gasteiger partial charge in [0.2, 0.25) is 0 Å². The Hall–Kier alpha value is -2.74. The van der Waals surface area contributed by atoms with E-state index in [1.807, 2.05) is 60.7 Å². The molecule has 3 aromatic carbocycles. The number of hydrogen-bond donors (Lipinski definition) is 1. The molecule has 2 atom stereocenters. The van der Waals surface area contributed by atoms with Gasteiger partial charge in [0, 0.05) is 12.5 Å². The Kier molecular flexibility index (Phi) is 5.48. The summed E-state index contributed by atoms with van der Waals surface area (Å²) in [4.78, 5) is 5.44. The zero-order chi connectivity index (χ0) is 20.3. The van der Waals surface area contributed by atoms with Crippen LogP contribution in [0.25, 0.3) is 10.2 Å². The van der Waals surface area contributed by atoms with Gasteiger partial charge in [-0.2, -0.15) is 0 Å². The molecule has 0 fully saturated rings. The Bertz CT molecular complexity index is 1160. The first kappa shape index (κ1) is 19.2. The Morgan fingerprint density at radius 1 is 0.933 bits per heavy atom. The normalized spacial score (nSPS) is 15.5. The van der Waals surface area contributed by atoms with Crippen molar-refractivity contribution in [2.45, 2.75) is 17.4 Å². The number of fused-ring (bicyclic) bond motifs is 2. The van der Waals surface area contributed by atoms with Gasteiger partial charge in [0.1, 0.15) is 16.0 Å². The van der Waals surface area contributed by atoms with Crippen molar-refractivity contribution < 1.29 is 13.7 Å². The zero-order valence-corrected chi connectivity index (χ0v) is 17.7. The van der Waals surface area contributed by atoms with Crippen molar-refractivity contribution in [2.75, 3.05) is 13.2 Å². The first-order valence-electron chi connectivity index (χ1n) is 9.76. The topological polar surface area (TPSA) is 60.5 Å². The van der Waals surface area contributed by atoms with Gasteiger partial charge in [-0.05, 0) is 29.8 Å². The summed E-state index contributed by atoms with van der Waals surface area (Å²) >= 11 is 1.61. The first-order chi connectivity index (χ1) is 14.8. The molecule has 1 aliphatic heterocycles. The molecule has 4 aromatic rings. The minimum atomic E-state index is -1.46. The highest BCUT2D eigenvalue weighted by Crippen LogP contribution is 2.33. The van der Waals surface area contributed by atoms with E-state index in [2.05, 4.69) is 10.8 Å². The second-order valence-electron chi connectivity index (χ2n) is 6.91. The maximum Gasteiger partial charge on any atom is 0.162 e. The second kappa shape index (κ2) is 8.55. The Morgan fingerprint density at radius 2 is 1.70 bits per heavy atom. The van der Waals surface area contributed by atoms with E-state index >= 15 is 0 Å². The van der Waals surface area contributed by atoms with Crippen molar-refractivity contribution in [2.24, 2.45) is 0 Å². The van der Waals surface area contributed by atoms with Crippen LogP contribution in [0.1, 0.15) is 23.0 Å². The van der Waals surface area contributed by atoms with Crippen molar-refractivity contribution in [3.8, 4) is 11.5 Å². The van der Waals surface area contributed by atoms with Crippen LogP contribution in [0.5, 0.6) is 11.5 Å². The molecule has 0 saturated heterocycles. The molecule has 0 aliphatic carbocycles. The number of hydrogen-bond acceptors (Lipinski definition) is 5. The third kappa shape index (κ3) is 3.96. The summed E-state index contributed by atoms with van der Waals surface area (Å²) < 4.78 is 29.1. The summed E-state index contributed by atoms with van der Waals surface area (Å²) in [7, 11) is -1.46. The highest BCUT2D eigenvalue weighted by Gasteiger charge is 2.22. The highest BCUT2D eigenvalue weighted by molar-refractivity contribution is 7.83. The Balaban J connectivity index is 1.48. The number of nitrogens with zero attached hydrogens (tertiary/aromatic N) is 1. The van der Waals surface area contributed by atoms with E-state index in [4.69, 9.17) is 14.5 Å². The largest absolute Gasteiger partial charge is 0.490 e. The molecule has 2 heterocycles. The fraction of sp³-hybridized carbons (Fsp3) is 0.174. The number of thiazole rings is 1. The van der Waals surface area contributed by atoms with E-state index in [0.29, 0.717) is 29.6 Å². The lowest BCUT2D eigenvalue weighted by Crippen LogP contribution is -2.24. The highest BCUT2D eigenvalue weighted by atomic mass is 32.2. The average Bonchev–Trinajstić information content (AvgIpc) is 3.08. The minimum absolute atomic E-state index is 0.291. The van der Waals surface area contributed by atoms with Crippen LogP contribution in [-0.4, -0.2) is 22.4 Å². The average molecular weight is 437 g/mol. The molecular formula is C23H20N2O3S2. The monoisotopic (exact) mass is 436 g/mol. The van der Waals surface area contributed by atoms with Crippen LogP contribution in [-0.2, 0) is 11.0 Å². The number of nitrogens with one attached hydrogen (secondary N) is 1. The summed E-state index contributed by atoms with van der Waals surface area (Å²) in [6.45, 7) is 1.22. The van der Waals surface area contributed by atoms with Crippen LogP contribution in [0.4, 0.5) is 0 Å². The number of rotatable bonds is 5. The van der Waals surface area contributed by atoms with Crippen LogP contribution in [0, 0.1) is 0 Å². The molecule has 0 saturated carbocycles. The predicted molar refractivity (Wildman–Crippen MR) is 119 cm³/mol. The molecule has 0 spiro atoms. The third-order valence-electron chi connectivity index (χ3n) is 4.85. The van der Waals surface area contributed by atoms with Crippen LogP contribution < -0.4 is 14.2 Å². The molecule has 1 aliphatic rings.